The molecule has 2 aromatic heterocycles. The van der Waals surface area contributed by atoms with Gasteiger partial charge in [0.25, 0.3) is 0 Å². The summed E-state index contributed by atoms with van der Waals surface area (Å²) in [5.74, 6) is 4.67. The summed E-state index contributed by atoms with van der Waals surface area (Å²) in [6, 6.07) is 7.04. The minimum absolute atomic E-state index is 0.0197. The van der Waals surface area contributed by atoms with Gasteiger partial charge in [0.1, 0.15) is 23.1 Å². The van der Waals surface area contributed by atoms with Crippen LogP contribution in [0.25, 0.3) is 0 Å². The molecule has 0 unspecified atom stereocenters. The third kappa shape index (κ3) is 6.46. The molecule has 1 amide bonds. The number of hydrogen-bond acceptors (Lipinski definition) is 7. The van der Waals surface area contributed by atoms with Crippen molar-refractivity contribution in [3.05, 3.63) is 70.3 Å². The highest BCUT2D eigenvalue weighted by Gasteiger charge is 2.43. The van der Waals surface area contributed by atoms with Gasteiger partial charge < -0.3 is 23.7 Å². The van der Waals surface area contributed by atoms with Crippen molar-refractivity contribution in [2.24, 2.45) is 17.8 Å². The van der Waals surface area contributed by atoms with Gasteiger partial charge in [-0.3, -0.25) is 4.79 Å². The molecular formula is C33H41FN4O4. The van der Waals surface area contributed by atoms with E-state index in [1.54, 1.807) is 31.1 Å². The number of aryl methyl sites for hydroxylation is 2. The Balaban J connectivity index is 0.919. The van der Waals surface area contributed by atoms with Crippen molar-refractivity contribution in [1.29, 1.82) is 0 Å². The summed E-state index contributed by atoms with van der Waals surface area (Å²) in [5.41, 5.74) is 3.63. The Kier molecular flexibility index (Phi) is 8.47. The average Bonchev–Trinajstić information content (AvgIpc) is 3.65. The molecule has 3 aliphatic rings. The van der Waals surface area contributed by atoms with Crippen LogP contribution in [0.2, 0.25) is 0 Å². The Morgan fingerprint density at radius 2 is 2.00 bits per heavy atom. The summed E-state index contributed by atoms with van der Waals surface area (Å²) < 4.78 is 31.6. The van der Waals surface area contributed by atoms with Gasteiger partial charge in [0.15, 0.2) is 5.89 Å². The summed E-state index contributed by atoms with van der Waals surface area (Å²) in [5, 5.41) is 0. The zero-order valence-corrected chi connectivity index (χ0v) is 24.9. The van der Waals surface area contributed by atoms with E-state index < -0.39 is 5.82 Å². The first-order valence-electron chi connectivity index (χ1n) is 15.2. The van der Waals surface area contributed by atoms with E-state index in [4.69, 9.17) is 18.9 Å². The number of fused-ring (bicyclic) bond motifs is 1. The molecule has 0 radical (unpaired) electrons. The Morgan fingerprint density at radius 3 is 2.76 bits per heavy atom. The third-order valence-electron chi connectivity index (χ3n) is 9.15. The maximum Gasteiger partial charge on any atom is 0.227 e. The first-order chi connectivity index (χ1) is 20.4. The fraction of sp³-hybridized carbons (Fsp3) is 0.545. The van der Waals surface area contributed by atoms with Crippen LogP contribution in [-0.2, 0) is 35.5 Å². The van der Waals surface area contributed by atoms with Gasteiger partial charge >= 0.3 is 0 Å². The molecule has 224 valence electrons. The van der Waals surface area contributed by atoms with Crippen LogP contribution >= 0.6 is 0 Å². The molecule has 1 aliphatic carbocycles. The number of nitrogens with zero attached hydrogens (tertiary/aromatic N) is 4. The molecule has 2 atom stereocenters. The summed E-state index contributed by atoms with van der Waals surface area (Å²) in [7, 11) is 1.71. The second-order valence-electron chi connectivity index (χ2n) is 12.1. The van der Waals surface area contributed by atoms with Gasteiger partial charge in [0.05, 0.1) is 31.9 Å². The van der Waals surface area contributed by atoms with E-state index in [9.17, 15) is 9.18 Å². The lowest BCUT2D eigenvalue weighted by Crippen LogP contribution is -2.36. The molecule has 8 nitrogen and oxygen atoms in total. The highest BCUT2D eigenvalue weighted by molar-refractivity contribution is 5.79. The van der Waals surface area contributed by atoms with E-state index >= 15 is 0 Å². The van der Waals surface area contributed by atoms with E-state index in [0.29, 0.717) is 55.8 Å². The van der Waals surface area contributed by atoms with E-state index in [-0.39, 0.29) is 12.3 Å². The van der Waals surface area contributed by atoms with Gasteiger partial charge in [-0.2, -0.15) is 0 Å². The predicted octanol–water partition coefficient (Wildman–Crippen LogP) is 5.42. The maximum absolute atomic E-state index is 14.9. The van der Waals surface area contributed by atoms with Crippen LogP contribution in [0.15, 0.2) is 34.9 Å². The number of oxazole rings is 1. The Bertz CT molecular complexity index is 1420. The largest absolute Gasteiger partial charge is 0.493 e. The van der Waals surface area contributed by atoms with E-state index in [0.717, 1.165) is 54.2 Å². The molecule has 1 saturated carbocycles. The van der Waals surface area contributed by atoms with Crippen LogP contribution in [-0.4, -0.2) is 54.1 Å². The van der Waals surface area contributed by atoms with Crippen molar-refractivity contribution in [2.45, 2.75) is 65.5 Å². The fourth-order valence-corrected chi connectivity index (χ4v) is 6.82. The van der Waals surface area contributed by atoms with E-state index in [2.05, 4.69) is 22.9 Å². The van der Waals surface area contributed by atoms with Gasteiger partial charge in [-0.15, -0.1) is 0 Å². The van der Waals surface area contributed by atoms with Crippen LogP contribution in [0.5, 0.6) is 5.75 Å². The number of halogens is 1. The molecule has 1 saturated heterocycles. The smallest absolute Gasteiger partial charge is 0.227 e. The molecule has 1 aromatic carbocycles. The SMILES string of the molecule is COCc1cnc(N2CCC([C@H]3C[C@H]3CCOc3ccc(CC(=O)N4CCc5nc(C)oc5C4)c(F)c3)CC2)c(C)c1. The predicted molar refractivity (Wildman–Crippen MR) is 157 cm³/mol. The number of pyridine rings is 1. The average molecular weight is 577 g/mol. The second-order valence-corrected chi connectivity index (χ2v) is 12.1. The molecule has 6 rings (SSSR count). The molecule has 0 spiro atoms. The van der Waals surface area contributed by atoms with E-state index in [1.165, 1.54) is 30.9 Å². The number of methoxy groups -OCH3 is 1. The molecule has 2 fully saturated rings. The Hall–Kier alpha value is -3.46. The normalized spacial score (nSPS) is 20.5. The van der Waals surface area contributed by atoms with Gasteiger partial charge in [-0.1, -0.05) is 6.07 Å². The zero-order chi connectivity index (χ0) is 29.2. The van der Waals surface area contributed by atoms with Gasteiger partial charge in [-0.05, 0) is 79.2 Å². The number of piperidine rings is 1. The lowest BCUT2D eigenvalue weighted by molar-refractivity contribution is -0.131. The summed E-state index contributed by atoms with van der Waals surface area (Å²) in [6.07, 6.45) is 7.26. The van der Waals surface area contributed by atoms with E-state index in [1.807, 2.05) is 6.20 Å². The summed E-state index contributed by atoms with van der Waals surface area (Å²) in [4.78, 5) is 26.1. The minimum atomic E-state index is -0.400. The molecule has 9 heteroatoms. The lowest BCUT2D eigenvalue weighted by Gasteiger charge is -2.34. The van der Waals surface area contributed by atoms with Crippen LogP contribution in [0, 0.1) is 37.4 Å². The van der Waals surface area contributed by atoms with Crippen LogP contribution < -0.4 is 9.64 Å². The quantitative estimate of drug-likeness (QED) is 0.319. The van der Waals surface area contributed by atoms with Gasteiger partial charge in [0, 0.05) is 52.4 Å². The molecule has 3 aromatic rings. The number of rotatable bonds is 10. The summed E-state index contributed by atoms with van der Waals surface area (Å²) >= 11 is 0. The highest BCUT2D eigenvalue weighted by Crippen LogP contribution is 2.50. The monoisotopic (exact) mass is 576 g/mol. The van der Waals surface area contributed by atoms with Gasteiger partial charge in [-0.25, -0.2) is 14.4 Å². The standard InChI is InChI=1S/C33H41FN4O4/c1-21-14-23(20-40-3)18-35-33(21)37-10-6-24(7-11-37)28-15-25(28)9-13-41-27-5-4-26(29(34)17-27)16-32(39)38-12-8-30-31(19-38)42-22(2)36-30/h4-5,14,17-18,24-25,28H,6-13,15-16,19-20H2,1-3H3/t25-,28-/m1/s1. The number of anilines is 1. The van der Waals surface area contributed by atoms with Crippen LogP contribution in [0.4, 0.5) is 10.2 Å². The molecular weight excluding hydrogens is 535 g/mol. The van der Waals surface area contributed by atoms with Crippen molar-refractivity contribution in [1.82, 2.24) is 14.9 Å². The number of benzene rings is 1. The van der Waals surface area contributed by atoms with Crippen molar-refractivity contribution in [3.63, 3.8) is 0 Å². The molecule has 0 bridgehead atoms. The van der Waals surface area contributed by atoms with Crippen molar-refractivity contribution >= 4 is 11.7 Å². The first-order valence-corrected chi connectivity index (χ1v) is 15.2. The Labute approximate surface area is 247 Å². The van der Waals surface area contributed by atoms with Crippen molar-refractivity contribution in [3.8, 4) is 5.75 Å². The topological polar surface area (TPSA) is 80.9 Å². The first kappa shape index (κ1) is 28.6. The molecule has 0 N–H and O–H groups in total. The second kappa shape index (κ2) is 12.4. The third-order valence-corrected chi connectivity index (χ3v) is 9.15. The number of carbonyl (C=O) groups is 1. The maximum atomic E-state index is 14.9. The minimum Gasteiger partial charge on any atom is -0.493 e. The molecule has 2 aliphatic heterocycles. The number of amides is 1. The molecule has 4 heterocycles. The lowest BCUT2D eigenvalue weighted by atomic mass is 9.90. The molecule has 42 heavy (non-hydrogen) atoms. The Morgan fingerprint density at radius 1 is 1.17 bits per heavy atom. The fourth-order valence-electron chi connectivity index (χ4n) is 6.82. The summed E-state index contributed by atoms with van der Waals surface area (Å²) in [6.45, 7) is 8.18. The zero-order valence-electron chi connectivity index (χ0n) is 24.9. The number of hydrogen-bond donors (Lipinski definition) is 0. The van der Waals surface area contributed by atoms with Gasteiger partial charge in [0.2, 0.25) is 5.91 Å². The van der Waals surface area contributed by atoms with Crippen molar-refractivity contribution < 1.29 is 23.1 Å². The number of ether oxygens (including phenoxy) is 2. The van der Waals surface area contributed by atoms with Crippen LogP contribution in [0.3, 0.4) is 0 Å². The number of aromatic nitrogens is 2. The van der Waals surface area contributed by atoms with Crippen LogP contribution in [0.1, 0.15) is 59.7 Å². The number of carbonyl (C=O) groups excluding carboxylic acids is 1. The van der Waals surface area contributed by atoms with Crippen molar-refractivity contribution in [2.75, 3.05) is 38.3 Å². The highest BCUT2D eigenvalue weighted by atomic mass is 19.1.